The number of hydrogen-bond acceptors (Lipinski definition) is 2. The molecule has 1 aliphatic rings. The van der Waals surface area contributed by atoms with Crippen LogP contribution in [0.1, 0.15) is 49.0 Å². The molecule has 112 valence electrons. The first kappa shape index (κ1) is 14.9. The molecule has 3 nitrogen and oxygen atoms in total. The zero-order valence-corrected chi connectivity index (χ0v) is 13.3. The van der Waals surface area contributed by atoms with E-state index in [0.717, 1.165) is 11.3 Å². The van der Waals surface area contributed by atoms with Crippen LogP contribution >= 0.6 is 23.2 Å². The summed E-state index contributed by atoms with van der Waals surface area (Å²) in [5.74, 6) is 0. The van der Waals surface area contributed by atoms with Crippen molar-refractivity contribution >= 4 is 23.2 Å². The highest BCUT2D eigenvalue weighted by atomic mass is 35.5. The molecule has 1 unspecified atom stereocenters. The molecule has 0 bridgehead atoms. The van der Waals surface area contributed by atoms with E-state index in [1.807, 2.05) is 12.1 Å². The fourth-order valence-electron chi connectivity index (χ4n) is 3.00. The van der Waals surface area contributed by atoms with Crippen LogP contribution in [0.4, 0.5) is 0 Å². The Balaban J connectivity index is 1.70. The first-order valence-corrected chi connectivity index (χ1v) is 8.13. The van der Waals surface area contributed by atoms with Gasteiger partial charge in [0.2, 0.25) is 0 Å². The number of hydrogen-bond donors (Lipinski definition) is 1. The highest BCUT2D eigenvalue weighted by Crippen LogP contribution is 2.30. The molecule has 0 radical (unpaired) electrons. The molecule has 1 atom stereocenters. The molecule has 0 aliphatic heterocycles. The van der Waals surface area contributed by atoms with Gasteiger partial charge >= 0.3 is 0 Å². The Hall–Kier alpha value is -1.03. The van der Waals surface area contributed by atoms with E-state index in [4.69, 9.17) is 28.9 Å². The summed E-state index contributed by atoms with van der Waals surface area (Å²) in [5.41, 5.74) is 8.19. The summed E-state index contributed by atoms with van der Waals surface area (Å²) in [7, 11) is 0. The van der Waals surface area contributed by atoms with Crippen LogP contribution in [0.2, 0.25) is 10.0 Å². The van der Waals surface area contributed by atoms with Crippen LogP contribution in [0.15, 0.2) is 30.5 Å². The minimum absolute atomic E-state index is 0.165. The SMILES string of the molecule is NC(Cc1ccn(C2CCCC2)n1)c1ccc(Cl)cc1Cl. The fraction of sp³-hybridized carbons (Fsp3) is 0.438. The van der Waals surface area contributed by atoms with E-state index in [-0.39, 0.29) is 6.04 Å². The molecule has 1 saturated carbocycles. The largest absolute Gasteiger partial charge is 0.324 e. The van der Waals surface area contributed by atoms with Gasteiger partial charge in [-0.1, -0.05) is 42.1 Å². The predicted octanol–water partition coefficient (Wildman–Crippen LogP) is 4.55. The number of benzene rings is 1. The molecule has 5 heteroatoms. The maximum Gasteiger partial charge on any atom is 0.0643 e. The molecule has 0 amide bonds. The van der Waals surface area contributed by atoms with Gasteiger partial charge in [0.25, 0.3) is 0 Å². The van der Waals surface area contributed by atoms with E-state index in [9.17, 15) is 0 Å². The molecule has 1 aromatic carbocycles. The summed E-state index contributed by atoms with van der Waals surface area (Å²) in [6, 6.07) is 7.90. The van der Waals surface area contributed by atoms with Crippen LogP contribution in [-0.2, 0) is 6.42 Å². The Morgan fingerprint density at radius 1 is 1.24 bits per heavy atom. The normalized spacial score (nSPS) is 17.3. The molecule has 2 N–H and O–H groups in total. The van der Waals surface area contributed by atoms with Gasteiger partial charge in [0.15, 0.2) is 0 Å². The van der Waals surface area contributed by atoms with Gasteiger partial charge in [0.1, 0.15) is 0 Å². The molecule has 1 heterocycles. The lowest BCUT2D eigenvalue weighted by molar-refractivity contribution is 0.461. The minimum atomic E-state index is -0.165. The summed E-state index contributed by atoms with van der Waals surface area (Å²) < 4.78 is 2.10. The van der Waals surface area contributed by atoms with E-state index in [1.165, 1.54) is 25.7 Å². The Kier molecular flexibility index (Phi) is 4.53. The average molecular weight is 324 g/mol. The zero-order valence-electron chi connectivity index (χ0n) is 11.8. The number of nitrogens with zero attached hydrogens (tertiary/aromatic N) is 2. The summed E-state index contributed by atoms with van der Waals surface area (Å²) in [4.78, 5) is 0. The molecule has 2 aromatic rings. The van der Waals surface area contributed by atoms with Crippen LogP contribution in [0.5, 0.6) is 0 Å². The first-order chi connectivity index (χ1) is 10.1. The molecule has 3 rings (SSSR count). The minimum Gasteiger partial charge on any atom is -0.324 e. The van der Waals surface area contributed by atoms with Gasteiger partial charge < -0.3 is 5.73 Å². The van der Waals surface area contributed by atoms with Gasteiger partial charge in [-0.15, -0.1) is 0 Å². The van der Waals surface area contributed by atoms with Crippen LogP contribution in [-0.4, -0.2) is 9.78 Å². The second-order valence-corrected chi connectivity index (χ2v) is 6.55. The standard InChI is InChI=1S/C16H19Cl2N3/c17-11-5-6-14(15(18)9-11)16(19)10-12-7-8-21(20-12)13-3-1-2-4-13/h5-9,13,16H,1-4,10,19H2. The Morgan fingerprint density at radius 3 is 2.71 bits per heavy atom. The van der Waals surface area contributed by atoms with Crippen molar-refractivity contribution in [3.05, 3.63) is 51.8 Å². The van der Waals surface area contributed by atoms with E-state index in [1.54, 1.807) is 6.07 Å². The molecule has 21 heavy (non-hydrogen) atoms. The maximum absolute atomic E-state index is 6.26. The van der Waals surface area contributed by atoms with Crippen molar-refractivity contribution < 1.29 is 0 Å². The third-order valence-electron chi connectivity index (χ3n) is 4.15. The molecule has 1 aliphatic carbocycles. The second kappa shape index (κ2) is 6.39. The van der Waals surface area contributed by atoms with Crippen LogP contribution in [0.25, 0.3) is 0 Å². The number of halogens is 2. The van der Waals surface area contributed by atoms with Gasteiger partial charge in [-0.2, -0.15) is 5.10 Å². The number of aromatic nitrogens is 2. The number of nitrogens with two attached hydrogens (primary N) is 1. The fourth-order valence-corrected chi connectivity index (χ4v) is 3.54. The summed E-state index contributed by atoms with van der Waals surface area (Å²) in [6.45, 7) is 0. The topological polar surface area (TPSA) is 43.8 Å². The van der Waals surface area contributed by atoms with Crippen molar-refractivity contribution in [1.29, 1.82) is 0 Å². The molecule has 0 spiro atoms. The predicted molar refractivity (Wildman–Crippen MR) is 86.8 cm³/mol. The van der Waals surface area contributed by atoms with Crippen molar-refractivity contribution in [2.75, 3.05) is 0 Å². The Labute approximate surface area is 135 Å². The lowest BCUT2D eigenvalue weighted by Gasteiger charge is -2.13. The van der Waals surface area contributed by atoms with Crippen molar-refractivity contribution in [2.45, 2.75) is 44.2 Å². The van der Waals surface area contributed by atoms with Crippen molar-refractivity contribution in [3.63, 3.8) is 0 Å². The van der Waals surface area contributed by atoms with Crippen molar-refractivity contribution in [3.8, 4) is 0 Å². The van der Waals surface area contributed by atoms with Crippen LogP contribution < -0.4 is 5.73 Å². The molecular formula is C16H19Cl2N3. The van der Waals surface area contributed by atoms with Crippen molar-refractivity contribution in [2.24, 2.45) is 5.73 Å². The maximum atomic E-state index is 6.26. The van der Waals surface area contributed by atoms with E-state index in [0.29, 0.717) is 22.5 Å². The summed E-state index contributed by atoms with van der Waals surface area (Å²) in [5, 5.41) is 5.91. The Bertz CT molecular complexity index is 618. The molecule has 1 fully saturated rings. The quantitative estimate of drug-likeness (QED) is 0.897. The van der Waals surface area contributed by atoms with Gasteiger partial charge in [-0.3, -0.25) is 4.68 Å². The van der Waals surface area contributed by atoms with E-state index < -0.39 is 0 Å². The van der Waals surface area contributed by atoms with Gasteiger partial charge in [0, 0.05) is 28.7 Å². The summed E-state index contributed by atoms with van der Waals surface area (Å²) in [6.07, 6.45) is 7.83. The van der Waals surface area contributed by atoms with E-state index in [2.05, 4.69) is 22.0 Å². The summed E-state index contributed by atoms with van der Waals surface area (Å²) >= 11 is 12.1. The van der Waals surface area contributed by atoms with Gasteiger partial charge in [0.05, 0.1) is 11.7 Å². The zero-order chi connectivity index (χ0) is 14.8. The molecule has 0 saturated heterocycles. The smallest absolute Gasteiger partial charge is 0.0643 e. The second-order valence-electron chi connectivity index (χ2n) is 5.70. The lowest BCUT2D eigenvalue weighted by Crippen LogP contribution is -2.15. The first-order valence-electron chi connectivity index (χ1n) is 7.38. The Morgan fingerprint density at radius 2 is 2.00 bits per heavy atom. The van der Waals surface area contributed by atoms with Gasteiger partial charge in [-0.25, -0.2) is 0 Å². The van der Waals surface area contributed by atoms with E-state index >= 15 is 0 Å². The van der Waals surface area contributed by atoms with Gasteiger partial charge in [-0.05, 0) is 36.6 Å². The van der Waals surface area contributed by atoms with Crippen molar-refractivity contribution in [1.82, 2.24) is 9.78 Å². The van der Waals surface area contributed by atoms with Crippen LogP contribution in [0, 0.1) is 0 Å². The molecule has 1 aromatic heterocycles. The monoisotopic (exact) mass is 323 g/mol. The third-order valence-corrected chi connectivity index (χ3v) is 4.72. The highest BCUT2D eigenvalue weighted by molar-refractivity contribution is 6.35. The van der Waals surface area contributed by atoms with Crippen LogP contribution in [0.3, 0.4) is 0 Å². The lowest BCUT2D eigenvalue weighted by atomic mass is 10.0. The highest BCUT2D eigenvalue weighted by Gasteiger charge is 2.18. The number of rotatable bonds is 4. The third kappa shape index (κ3) is 3.42. The average Bonchev–Trinajstić information content (AvgIpc) is 3.08. The molecular weight excluding hydrogens is 305 g/mol.